The minimum absolute atomic E-state index is 0.0895. The van der Waals surface area contributed by atoms with E-state index < -0.39 is 0 Å². The first-order chi connectivity index (χ1) is 8.28. The van der Waals surface area contributed by atoms with Crippen LogP contribution in [0.3, 0.4) is 0 Å². The second-order valence-corrected chi connectivity index (χ2v) is 6.64. The monoisotopic (exact) mass is 255 g/mol. The largest absolute Gasteiger partial charge is 0.350 e. The predicted molar refractivity (Wildman–Crippen MR) is 75.6 cm³/mol. The molecule has 0 aromatic heterocycles. The fourth-order valence-corrected chi connectivity index (χ4v) is 2.35. The van der Waals surface area contributed by atoms with Crippen LogP contribution in [0.25, 0.3) is 0 Å². The Hall–Kier alpha value is -0.610. The van der Waals surface area contributed by atoms with Crippen molar-refractivity contribution in [2.75, 3.05) is 26.7 Å². The van der Waals surface area contributed by atoms with Gasteiger partial charge in [-0.1, -0.05) is 0 Å². The molecular formula is C14H29N3O. The van der Waals surface area contributed by atoms with Crippen molar-refractivity contribution in [2.24, 2.45) is 5.92 Å². The zero-order valence-electron chi connectivity index (χ0n) is 12.5. The summed E-state index contributed by atoms with van der Waals surface area (Å²) in [5.41, 5.74) is -0.155. The average molecular weight is 255 g/mol. The highest BCUT2D eigenvalue weighted by molar-refractivity contribution is 5.81. The van der Waals surface area contributed by atoms with Crippen LogP contribution in [0, 0.1) is 5.92 Å². The van der Waals surface area contributed by atoms with Gasteiger partial charge >= 0.3 is 0 Å². The molecule has 0 aromatic rings. The maximum Gasteiger partial charge on any atom is 0.237 e. The SMILES string of the molecule is CC(NCC1CCCN(C)C1)C(=O)NC(C)(C)C. The third-order valence-electron chi connectivity index (χ3n) is 3.33. The highest BCUT2D eigenvalue weighted by Crippen LogP contribution is 2.14. The number of amides is 1. The summed E-state index contributed by atoms with van der Waals surface area (Å²) >= 11 is 0. The second-order valence-electron chi connectivity index (χ2n) is 6.64. The van der Waals surface area contributed by atoms with Crippen molar-refractivity contribution in [1.29, 1.82) is 0 Å². The molecule has 2 atom stereocenters. The molecule has 106 valence electrons. The lowest BCUT2D eigenvalue weighted by atomic mass is 9.98. The maximum atomic E-state index is 11.9. The van der Waals surface area contributed by atoms with Gasteiger partial charge in [0.1, 0.15) is 0 Å². The van der Waals surface area contributed by atoms with Crippen LogP contribution in [0.5, 0.6) is 0 Å². The molecule has 2 N–H and O–H groups in total. The Labute approximate surface area is 111 Å². The lowest BCUT2D eigenvalue weighted by Crippen LogP contribution is -2.51. The number of piperidine rings is 1. The van der Waals surface area contributed by atoms with E-state index >= 15 is 0 Å². The average Bonchev–Trinajstić information content (AvgIpc) is 2.23. The molecule has 4 nitrogen and oxygen atoms in total. The normalized spacial score (nSPS) is 23.7. The van der Waals surface area contributed by atoms with Crippen molar-refractivity contribution in [3.8, 4) is 0 Å². The molecule has 1 fully saturated rings. The maximum absolute atomic E-state index is 11.9. The van der Waals surface area contributed by atoms with E-state index in [0.717, 1.165) is 13.1 Å². The molecule has 0 bridgehead atoms. The third kappa shape index (κ3) is 5.83. The molecule has 1 heterocycles. The number of carbonyl (C=O) groups is 1. The summed E-state index contributed by atoms with van der Waals surface area (Å²) in [6, 6.07) is -0.114. The number of nitrogens with one attached hydrogen (secondary N) is 2. The van der Waals surface area contributed by atoms with E-state index in [1.165, 1.54) is 19.4 Å². The number of carbonyl (C=O) groups excluding carboxylic acids is 1. The van der Waals surface area contributed by atoms with Gasteiger partial charge in [-0.25, -0.2) is 0 Å². The van der Waals surface area contributed by atoms with Gasteiger partial charge in [0.2, 0.25) is 5.91 Å². The van der Waals surface area contributed by atoms with Gasteiger partial charge in [-0.3, -0.25) is 4.79 Å². The van der Waals surface area contributed by atoms with Crippen LogP contribution < -0.4 is 10.6 Å². The van der Waals surface area contributed by atoms with Crippen LogP contribution >= 0.6 is 0 Å². The van der Waals surface area contributed by atoms with Crippen molar-refractivity contribution in [3.05, 3.63) is 0 Å². The Bertz CT molecular complexity index is 273. The first kappa shape index (κ1) is 15.4. The van der Waals surface area contributed by atoms with Crippen LogP contribution in [0.15, 0.2) is 0 Å². The molecule has 4 heteroatoms. The lowest BCUT2D eigenvalue weighted by Gasteiger charge is -2.31. The van der Waals surface area contributed by atoms with Gasteiger partial charge in [-0.05, 0) is 66.6 Å². The van der Waals surface area contributed by atoms with Gasteiger partial charge in [0.25, 0.3) is 0 Å². The van der Waals surface area contributed by atoms with Crippen molar-refractivity contribution in [1.82, 2.24) is 15.5 Å². The van der Waals surface area contributed by atoms with E-state index in [1.54, 1.807) is 0 Å². The molecule has 1 amide bonds. The van der Waals surface area contributed by atoms with Crippen LogP contribution in [-0.2, 0) is 4.79 Å². The Morgan fingerprint density at radius 3 is 2.67 bits per heavy atom. The van der Waals surface area contributed by atoms with Crippen molar-refractivity contribution in [3.63, 3.8) is 0 Å². The number of rotatable bonds is 4. The van der Waals surface area contributed by atoms with Gasteiger partial charge in [0, 0.05) is 12.1 Å². The summed E-state index contributed by atoms with van der Waals surface area (Å²) in [6.45, 7) is 11.2. The molecule has 1 saturated heterocycles. The third-order valence-corrected chi connectivity index (χ3v) is 3.33. The lowest BCUT2D eigenvalue weighted by molar-refractivity contribution is -0.124. The number of hydrogen-bond donors (Lipinski definition) is 2. The highest BCUT2D eigenvalue weighted by Gasteiger charge is 2.21. The molecule has 1 aliphatic heterocycles. The fraction of sp³-hybridized carbons (Fsp3) is 0.929. The van der Waals surface area contributed by atoms with Crippen molar-refractivity contribution >= 4 is 5.91 Å². The Morgan fingerprint density at radius 2 is 2.11 bits per heavy atom. The van der Waals surface area contributed by atoms with Gasteiger partial charge in [-0.15, -0.1) is 0 Å². The first-order valence-corrected chi connectivity index (χ1v) is 7.02. The molecule has 1 aliphatic rings. The van der Waals surface area contributed by atoms with E-state index in [0.29, 0.717) is 5.92 Å². The van der Waals surface area contributed by atoms with Crippen LogP contribution in [0.1, 0.15) is 40.5 Å². The van der Waals surface area contributed by atoms with Gasteiger partial charge in [0.15, 0.2) is 0 Å². The van der Waals surface area contributed by atoms with E-state index in [2.05, 4.69) is 22.6 Å². The van der Waals surface area contributed by atoms with Crippen molar-refractivity contribution in [2.45, 2.75) is 52.1 Å². The van der Waals surface area contributed by atoms with Gasteiger partial charge < -0.3 is 15.5 Å². The van der Waals surface area contributed by atoms with E-state index in [4.69, 9.17) is 0 Å². The smallest absolute Gasteiger partial charge is 0.237 e. The first-order valence-electron chi connectivity index (χ1n) is 7.02. The molecule has 0 spiro atoms. The summed E-state index contributed by atoms with van der Waals surface area (Å²) < 4.78 is 0. The summed E-state index contributed by atoms with van der Waals surface area (Å²) in [5, 5.41) is 6.36. The number of nitrogens with zero attached hydrogens (tertiary/aromatic N) is 1. The van der Waals surface area contributed by atoms with Gasteiger partial charge in [-0.2, -0.15) is 0 Å². The molecule has 0 saturated carbocycles. The summed E-state index contributed by atoms with van der Waals surface area (Å²) in [5.74, 6) is 0.764. The highest BCUT2D eigenvalue weighted by atomic mass is 16.2. The topological polar surface area (TPSA) is 44.4 Å². The van der Waals surface area contributed by atoms with Crippen LogP contribution in [0.4, 0.5) is 0 Å². The Balaban J connectivity index is 2.27. The van der Waals surface area contributed by atoms with E-state index in [1.807, 2.05) is 27.7 Å². The van der Waals surface area contributed by atoms with Gasteiger partial charge in [0.05, 0.1) is 6.04 Å². The van der Waals surface area contributed by atoms with Crippen LogP contribution in [0.2, 0.25) is 0 Å². The molecule has 2 unspecified atom stereocenters. The minimum atomic E-state index is -0.155. The number of likely N-dealkylation sites (tertiary alicyclic amines) is 1. The molecule has 0 radical (unpaired) electrons. The Kier molecular flexibility index (Phi) is 5.60. The van der Waals surface area contributed by atoms with Crippen LogP contribution in [-0.4, -0.2) is 49.1 Å². The van der Waals surface area contributed by atoms with E-state index in [9.17, 15) is 4.79 Å². The molecular weight excluding hydrogens is 226 g/mol. The molecule has 0 aliphatic carbocycles. The fourth-order valence-electron chi connectivity index (χ4n) is 2.35. The number of hydrogen-bond acceptors (Lipinski definition) is 3. The predicted octanol–water partition coefficient (Wildman–Crippen LogP) is 1.22. The minimum Gasteiger partial charge on any atom is -0.350 e. The zero-order valence-corrected chi connectivity index (χ0v) is 12.5. The molecule has 1 rings (SSSR count). The summed E-state index contributed by atoms with van der Waals surface area (Å²) in [6.07, 6.45) is 2.54. The molecule has 0 aromatic carbocycles. The molecule has 18 heavy (non-hydrogen) atoms. The quantitative estimate of drug-likeness (QED) is 0.794. The second kappa shape index (κ2) is 6.53. The van der Waals surface area contributed by atoms with Crippen molar-refractivity contribution < 1.29 is 4.79 Å². The Morgan fingerprint density at radius 1 is 1.44 bits per heavy atom. The summed E-state index contributed by atoms with van der Waals surface area (Å²) in [7, 11) is 2.17. The zero-order chi connectivity index (χ0) is 13.8. The van der Waals surface area contributed by atoms with E-state index in [-0.39, 0.29) is 17.5 Å². The standard InChI is InChI=1S/C14H29N3O/c1-11(13(18)16-14(2,3)4)15-9-12-7-6-8-17(5)10-12/h11-12,15H,6-10H2,1-5H3,(H,16,18). The summed E-state index contributed by atoms with van der Waals surface area (Å²) in [4.78, 5) is 14.3.